The summed E-state index contributed by atoms with van der Waals surface area (Å²) >= 11 is 0. The van der Waals surface area contributed by atoms with E-state index >= 15 is 0 Å². The van der Waals surface area contributed by atoms with Crippen molar-refractivity contribution in [1.82, 2.24) is 10.1 Å². The minimum atomic E-state index is -0.383. The lowest BCUT2D eigenvalue weighted by atomic mass is 10.1. The molecule has 140 valence electrons. The first kappa shape index (κ1) is 18.6. The maximum absolute atomic E-state index is 11.0. The van der Waals surface area contributed by atoms with E-state index in [0.29, 0.717) is 18.0 Å². The summed E-state index contributed by atoms with van der Waals surface area (Å²) < 4.78 is 10.9. The Morgan fingerprint density at radius 3 is 2.74 bits per heavy atom. The molecule has 7 nitrogen and oxygen atoms in total. The molecule has 7 heteroatoms. The van der Waals surface area contributed by atoms with Crippen LogP contribution < -0.4 is 4.74 Å². The van der Waals surface area contributed by atoms with Gasteiger partial charge in [-0.25, -0.2) is 0 Å². The van der Waals surface area contributed by atoms with E-state index in [1.54, 1.807) is 19.2 Å². The Labute approximate surface area is 157 Å². The van der Waals surface area contributed by atoms with Gasteiger partial charge in [0.15, 0.2) is 5.76 Å². The van der Waals surface area contributed by atoms with Gasteiger partial charge in [-0.05, 0) is 31.7 Å². The molecule has 0 aliphatic heterocycles. The van der Waals surface area contributed by atoms with Crippen LogP contribution in [0.25, 0.3) is 11.3 Å². The quantitative estimate of drug-likeness (QED) is 0.453. The highest BCUT2D eigenvalue weighted by Crippen LogP contribution is 2.30. The fourth-order valence-electron chi connectivity index (χ4n) is 2.91. The van der Waals surface area contributed by atoms with E-state index in [1.165, 1.54) is 6.07 Å². The molecule has 3 rings (SSSR count). The van der Waals surface area contributed by atoms with Crippen LogP contribution in [0.1, 0.15) is 24.3 Å². The van der Waals surface area contributed by atoms with E-state index in [2.05, 4.69) is 5.16 Å². The van der Waals surface area contributed by atoms with E-state index in [9.17, 15) is 10.1 Å². The highest BCUT2D eigenvalue weighted by molar-refractivity contribution is 5.66. The van der Waals surface area contributed by atoms with Crippen LogP contribution >= 0.6 is 0 Å². The Morgan fingerprint density at radius 1 is 1.22 bits per heavy atom. The maximum atomic E-state index is 11.0. The number of aromatic nitrogens is 1. The number of rotatable bonds is 7. The largest absolute Gasteiger partial charge is 0.496 e. The maximum Gasteiger partial charge on any atom is 0.269 e. The molecule has 0 aliphatic carbocycles. The smallest absolute Gasteiger partial charge is 0.269 e. The topological polar surface area (TPSA) is 81.6 Å². The Hall–Kier alpha value is -3.19. The first-order chi connectivity index (χ1) is 13.0. The molecule has 1 aromatic heterocycles. The van der Waals surface area contributed by atoms with Crippen molar-refractivity contribution in [3.8, 4) is 17.0 Å². The van der Waals surface area contributed by atoms with Crippen molar-refractivity contribution in [2.75, 3.05) is 14.2 Å². The molecule has 0 spiro atoms. The van der Waals surface area contributed by atoms with Crippen LogP contribution in [-0.2, 0) is 6.54 Å². The van der Waals surface area contributed by atoms with Crippen molar-refractivity contribution >= 4 is 5.69 Å². The predicted molar refractivity (Wildman–Crippen MR) is 101 cm³/mol. The molecule has 0 saturated carbocycles. The van der Waals surface area contributed by atoms with Gasteiger partial charge < -0.3 is 9.26 Å². The zero-order valence-corrected chi connectivity index (χ0v) is 15.5. The van der Waals surface area contributed by atoms with E-state index < -0.39 is 0 Å². The first-order valence-corrected chi connectivity index (χ1v) is 8.53. The summed E-state index contributed by atoms with van der Waals surface area (Å²) in [6.45, 7) is 2.52. The summed E-state index contributed by atoms with van der Waals surface area (Å²) in [7, 11) is 3.56. The van der Waals surface area contributed by atoms with Gasteiger partial charge in [-0.2, -0.15) is 0 Å². The summed E-state index contributed by atoms with van der Waals surface area (Å²) in [5.41, 5.74) is 2.53. The standard InChI is InChI=1S/C20H21N3O4/c1-14(15-7-6-8-16(11-15)23(24)25)22(2)13-17-12-19(21-27-17)18-9-4-5-10-20(18)26-3/h4-12,14H,13H2,1-3H3/t14-/m0/s1. The van der Waals surface area contributed by atoms with Gasteiger partial charge in [0, 0.05) is 29.8 Å². The second-order valence-electron chi connectivity index (χ2n) is 6.32. The van der Waals surface area contributed by atoms with Crippen LogP contribution in [0.2, 0.25) is 0 Å². The third-order valence-electron chi connectivity index (χ3n) is 4.57. The third kappa shape index (κ3) is 4.15. The minimum absolute atomic E-state index is 0.0234. The Kier molecular flexibility index (Phi) is 5.52. The van der Waals surface area contributed by atoms with Gasteiger partial charge in [-0.1, -0.05) is 29.4 Å². The number of hydrogen-bond donors (Lipinski definition) is 0. The van der Waals surface area contributed by atoms with Crippen molar-refractivity contribution < 1.29 is 14.2 Å². The van der Waals surface area contributed by atoms with Crippen molar-refractivity contribution in [1.29, 1.82) is 0 Å². The lowest BCUT2D eigenvalue weighted by molar-refractivity contribution is -0.384. The van der Waals surface area contributed by atoms with Crippen molar-refractivity contribution in [3.05, 3.63) is 76.0 Å². The molecule has 0 amide bonds. The molecule has 0 fully saturated rings. The van der Waals surface area contributed by atoms with Crippen LogP contribution in [0, 0.1) is 10.1 Å². The molecule has 1 heterocycles. The van der Waals surface area contributed by atoms with Crippen LogP contribution in [0.3, 0.4) is 0 Å². The minimum Gasteiger partial charge on any atom is -0.496 e. The zero-order chi connectivity index (χ0) is 19.4. The highest BCUT2D eigenvalue weighted by atomic mass is 16.6. The second kappa shape index (κ2) is 8.01. The van der Waals surface area contributed by atoms with Crippen LogP contribution in [0.5, 0.6) is 5.75 Å². The Balaban J connectivity index is 1.75. The number of non-ortho nitro benzene ring substituents is 1. The number of nitro benzene ring substituents is 1. The summed E-state index contributed by atoms with van der Waals surface area (Å²) in [5, 5.41) is 15.1. The average molecular weight is 367 g/mol. The van der Waals surface area contributed by atoms with Gasteiger partial charge >= 0.3 is 0 Å². The monoisotopic (exact) mass is 367 g/mol. The van der Waals surface area contributed by atoms with Gasteiger partial charge in [0.25, 0.3) is 5.69 Å². The number of nitro groups is 1. The predicted octanol–water partition coefficient (Wildman–Crippen LogP) is 4.45. The molecule has 0 radical (unpaired) electrons. The van der Waals surface area contributed by atoms with Crippen LogP contribution in [0.4, 0.5) is 5.69 Å². The molecule has 2 aromatic carbocycles. The fourth-order valence-corrected chi connectivity index (χ4v) is 2.91. The summed E-state index contributed by atoms with van der Waals surface area (Å²) in [6, 6.07) is 16.2. The third-order valence-corrected chi connectivity index (χ3v) is 4.57. The van der Waals surface area contributed by atoms with Gasteiger partial charge in [0.1, 0.15) is 11.4 Å². The molecular weight excluding hydrogens is 346 g/mol. The van der Waals surface area contributed by atoms with Crippen LogP contribution in [-0.4, -0.2) is 29.1 Å². The number of methoxy groups -OCH3 is 1. The number of hydrogen-bond acceptors (Lipinski definition) is 6. The summed E-state index contributed by atoms with van der Waals surface area (Å²) in [5.74, 6) is 1.44. The van der Waals surface area contributed by atoms with E-state index in [0.717, 1.165) is 16.9 Å². The lowest BCUT2D eigenvalue weighted by Gasteiger charge is -2.23. The Bertz CT molecular complexity index is 938. The molecule has 0 bridgehead atoms. The van der Waals surface area contributed by atoms with E-state index in [4.69, 9.17) is 9.26 Å². The van der Waals surface area contributed by atoms with E-state index in [1.807, 2.05) is 55.3 Å². The van der Waals surface area contributed by atoms with Gasteiger partial charge in [0.2, 0.25) is 0 Å². The molecule has 0 N–H and O–H groups in total. The first-order valence-electron chi connectivity index (χ1n) is 8.53. The van der Waals surface area contributed by atoms with Gasteiger partial charge in [-0.3, -0.25) is 15.0 Å². The molecule has 1 atom stereocenters. The normalized spacial score (nSPS) is 12.1. The average Bonchev–Trinajstić information content (AvgIpc) is 3.15. The van der Waals surface area contributed by atoms with Crippen molar-refractivity contribution in [3.63, 3.8) is 0 Å². The van der Waals surface area contributed by atoms with Crippen molar-refractivity contribution in [2.24, 2.45) is 0 Å². The van der Waals surface area contributed by atoms with Gasteiger partial charge in [-0.15, -0.1) is 0 Å². The highest BCUT2D eigenvalue weighted by Gasteiger charge is 2.18. The number of para-hydroxylation sites is 1. The molecule has 0 unspecified atom stereocenters. The number of nitrogens with zero attached hydrogens (tertiary/aromatic N) is 3. The SMILES string of the molecule is COc1ccccc1-c1cc(CN(C)[C@@H](C)c2cccc([N+](=O)[O-])c2)on1. The van der Waals surface area contributed by atoms with Crippen molar-refractivity contribution in [2.45, 2.75) is 19.5 Å². The zero-order valence-electron chi connectivity index (χ0n) is 15.5. The summed E-state index contributed by atoms with van der Waals surface area (Å²) in [6.07, 6.45) is 0. The molecule has 3 aromatic rings. The Morgan fingerprint density at radius 2 is 2.00 bits per heavy atom. The van der Waals surface area contributed by atoms with Crippen LogP contribution in [0.15, 0.2) is 59.1 Å². The lowest BCUT2D eigenvalue weighted by Crippen LogP contribution is -2.21. The second-order valence-corrected chi connectivity index (χ2v) is 6.32. The molecule has 27 heavy (non-hydrogen) atoms. The van der Waals surface area contributed by atoms with E-state index in [-0.39, 0.29) is 16.7 Å². The molecule has 0 aliphatic rings. The number of benzene rings is 2. The van der Waals surface area contributed by atoms with Gasteiger partial charge in [0.05, 0.1) is 18.6 Å². The number of ether oxygens (including phenoxy) is 1. The fraction of sp³-hybridized carbons (Fsp3) is 0.250. The molecule has 0 saturated heterocycles. The summed E-state index contributed by atoms with van der Waals surface area (Å²) in [4.78, 5) is 12.6. The molecular formula is C20H21N3O4.